The van der Waals surface area contributed by atoms with Crippen molar-refractivity contribution in [1.82, 2.24) is 10.3 Å². The number of rotatable bonds is 1. The van der Waals surface area contributed by atoms with Gasteiger partial charge in [-0.25, -0.2) is 0 Å². The second-order valence-electron chi connectivity index (χ2n) is 4.44. The summed E-state index contributed by atoms with van der Waals surface area (Å²) in [7, 11) is 0. The van der Waals surface area contributed by atoms with Crippen LogP contribution in [0.3, 0.4) is 0 Å². The Bertz CT molecular complexity index is 328. The lowest BCUT2D eigenvalue weighted by molar-refractivity contribution is 0.520. The molecule has 1 aromatic heterocycles. The Kier molecular flexibility index (Phi) is 5.86. The molecule has 1 aliphatic heterocycles. The maximum absolute atomic E-state index is 10.7. The Hall–Kier alpha value is -1.09. The Balaban J connectivity index is 0.000000181. The third-order valence-corrected chi connectivity index (χ3v) is 2.62. The second kappa shape index (κ2) is 7.23. The molecule has 0 radical (unpaired) electrons. The van der Waals surface area contributed by atoms with Gasteiger partial charge in [-0.3, -0.25) is 4.79 Å². The molecule has 0 spiro atoms. The summed E-state index contributed by atoms with van der Waals surface area (Å²) in [6.07, 6.45) is 4.22. The lowest BCUT2D eigenvalue weighted by Gasteiger charge is -2.08. The lowest BCUT2D eigenvalue weighted by Crippen LogP contribution is -2.21. The molecule has 2 N–H and O–H groups in total. The molecule has 0 bridgehead atoms. The number of H-pyrrole nitrogens is 1. The van der Waals surface area contributed by atoms with Crippen LogP contribution in [0.15, 0.2) is 23.0 Å². The van der Waals surface area contributed by atoms with E-state index in [9.17, 15) is 4.79 Å². The largest absolute Gasteiger partial charge is 0.326 e. The van der Waals surface area contributed by atoms with Gasteiger partial charge in [0, 0.05) is 11.8 Å². The van der Waals surface area contributed by atoms with Gasteiger partial charge in [0.05, 0.1) is 0 Å². The van der Waals surface area contributed by atoms with Crippen molar-refractivity contribution in [2.24, 2.45) is 0 Å². The minimum Gasteiger partial charge on any atom is -0.326 e. The number of hydrogen-bond acceptors (Lipinski definition) is 2. The molecule has 0 unspecified atom stereocenters. The molecule has 2 rings (SSSR count). The van der Waals surface area contributed by atoms with Crippen LogP contribution < -0.4 is 10.9 Å². The Morgan fingerprint density at radius 1 is 1.12 bits per heavy atom. The van der Waals surface area contributed by atoms with Crippen molar-refractivity contribution in [2.75, 3.05) is 13.1 Å². The van der Waals surface area contributed by atoms with Crippen LogP contribution in [0, 0.1) is 0 Å². The zero-order valence-electron chi connectivity index (χ0n) is 10.3. The van der Waals surface area contributed by atoms with Crippen LogP contribution in [0.1, 0.15) is 44.7 Å². The molecule has 0 atom stereocenters. The predicted octanol–water partition coefficient (Wildman–Crippen LogP) is 2.26. The van der Waals surface area contributed by atoms with E-state index in [0.29, 0.717) is 5.92 Å². The van der Waals surface area contributed by atoms with Crippen LogP contribution in [0.4, 0.5) is 0 Å². The number of pyridine rings is 1. The average molecular weight is 222 g/mol. The number of hydrogen-bond donors (Lipinski definition) is 2. The van der Waals surface area contributed by atoms with Crippen molar-refractivity contribution >= 4 is 0 Å². The van der Waals surface area contributed by atoms with Crippen molar-refractivity contribution in [3.8, 4) is 0 Å². The summed E-state index contributed by atoms with van der Waals surface area (Å²) in [5, 5.41) is 3.28. The first-order valence-electron chi connectivity index (χ1n) is 6.10. The Morgan fingerprint density at radius 3 is 2.12 bits per heavy atom. The molecule has 0 aromatic carbocycles. The van der Waals surface area contributed by atoms with Gasteiger partial charge in [0.2, 0.25) is 5.56 Å². The normalized spacial score (nSPS) is 15.4. The van der Waals surface area contributed by atoms with Crippen LogP contribution in [0.5, 0.6) is 0 Å². The minimum atomic E-state index is -0.0220. The molecule has 1 aliphatic rings. The van der Waals surface area contributed by atoms with Gasteiger partial charge in [-0.1, -0.05) is 26.3 Å². The highest BCUT2D eigenvalue weighted by Gasteiger charge is 1.96. The highest BCUT2D eigenvalue weighted by molar-refractivity contribution is 5.07. The molecule has 3 heteroatoms. The zero-order valence-corrected chi connectivity index (χ0v) is 10.3. The van der Waals surface area contributed by atoms with Crippen molar-refractivity contribution in [3.05, 3.63) is 34.2 Å². The lowest BCUT2D eigenvalue weighted by atomic mass is 10.1. The number of piperidine rings is 1. The summed E-state index contributed by atoms with van der Waals surface area (Å²) in [6, 6.07) is 5.21. The first-order valence-corrected chi connectivity index (χ1v) is 6.10. The minimum absolute atomic E-state index is 0.0220. The van der Waals surface area contributed by atoms with Gasteiger partial charge in [0.25, 0.3) is 0 Å². The summed E-state index contributed by atoms with van der Waals surface area (Å²) in [6.45, 7) is 6.59. The molecule has 2 heterocycles. The first kappa shape index (κ1) is 13.0. The molecule has 0 amide bonds. The van der Waals surface area contributed by atoms with Gasteiger partial charge in [-0.05, 0) is 37.9 Å². The molecule has 1 saturated heterocycles. The molecule has 16 heavy (non-hydrogen) atoms. The fourth-order valence-electron chi connectivity index (χ4n) is 1.60. The summed E-state index contributed by atoms with van der Waals surface area (Å²) in [4.78, 5) is 13.5. The van der Waals surface area contributed by atoms with E-state index in [1.165, 1.54) is 38.4 Å². The second-order valence-corrected chi connectivity index (χ2v) is 4.44. The Morgan fingerprint density at radius 2 is 1.81 bits per heavy atom. The third-order valence-electron chi connectivity index (χ3n) is 2.62. The third kappa shape index (κ3) is 5.12. The molecule has 0 saturated carbocycles. The average Bonchev–Trinajstić information content (AvgIpc) is 2.32. The molecule has 1 fully saturated rings. The van der Waals surface area contributed by atoms with Crippen molar-refractivity contribution in [3.63, 3.8) is 0 Å². The van der Waals surface area contributed by atoms with E-state index in [-0.39, 0.29) is 5.56 Å². The summed E-state index contributed by atoms with van der Waals surface area (Å²) in [5.41, 5.74) is 0.971. The SMILES string of the molecule is C1CCNCC1.CC(C)c1cccc(=O)[nH]1. The molecular weight excluding hydrogens is 200 g/mol. The topological polar surface area (TPSA) is 44.9 Å². The molecule has 3 nitrogen and oxygen atoms in total. The van der Waals surface area contributed by atoms with Gasteiger partial charge < -0.3 is 10.3 Å². The van der Waals surface area contributed by atoms with E-state index in [4.69, 9.17) is 0 Å². The van der Waals surface area contributed by atoms with Crippen LogP contribution in [-0.2, 0) is 0 Å². The summed E-state index contributed by atoms with van der Waals surface area (Å²) in [5.74, 6) is 0.397. The predicted molar refractivity (Wildman–Crippen MR) is 67.9 cm³/mol. The van der Waals surface area contributed by atoms with Crippen LogP contribution in [0.2, 0.25) is 0 Å². The van der Waals surface area contributed by atoms with Crippen molar-refractivity contribution in [2.45, 2.75) is 39.0 Å². The molecular formula is C13H22N2O. The zero-order chi connectivity index (χ0) is 11.8. The summed E-state index contributed by atoms with van der Waals surface area (Å²) >= 11 is 0. The van der Waals surface area contributed by atoms with E-state index in [0.717, 1.165) is 5.69 Å². The number of nitrogens with one attached hydrogen (secondary N) is 2. The highest BCUT2D eigenvalue weighted by Crippen LogP contribution is 2.06. The number of aromatic amines is 1. The van der Waals surface area contributed by atoms with Crippen LogP contribution in [0.25, 0.3) is 0 Å². The smallest absolute Gasteiger partial charge is 0.248 e. The maximum atomic E-state index is 10.7. The van der Waals surface area contributed by atoms with E-state index in [1.54, 1.807) is 6.07 Å². The van der Waals surface area contributed by atoms with E-state index < -0.39 is 0 Å². The maximum Gasteiger partial charge on any atom is 0.248 e. The van der Waals surface area contributed by atoms with E-state index >= 15 is 0 Å². The monoisotopic (exact) mass is 222 g/mol. The van der Waals surface area contributed by atoms with Crippen molar-refractivity contribution in [1.29, 1.82) is 0 Å². The van der Waals surface area contributed by atoms with Crippen molar-refractivity contribution < 1.29 is 0 Å². The van der Waals surface area contributed by atoms with Gasteiger partial charge in [0.15, 0.2) is 0 Å². The quantitative estimate of drug-likeness (QED) is 0.765. The van der Waals surface area contributed by atoms with Gasteiger partial charge in [0.1, 0.15) is 0 Å². The Labute approximate surface area is 97.3 Å². The van der Waals surface area contributed by atoms with Crippen LogP contribution >= 0.6 is 0 Å². The van der Waals surface area contributed by atoms with Gasteiger partial charge in [-0.2, -0.15) is 0 Å². The molecule has 1 aromatic rings. The van der Waals surface area contributed by atoms with Gasteiger partial charge >= 0.3 is 0 Å². The standard InChI is InChI=1S/C8H11NO.C5H11N/c1-6(2)7-4-3-5-8(10)9-7;1-2-4-6-5-3-1/h3-6H,1-2H3,(H,9,10);6H,1-5H2. The van der Waals surface area contributed by atoms with E-state index in [1.807, 2.05) is 19.9 Å². The fraction of sp³-hybridized carbons (Fsp3) is 0.615. The number of aromatic nitrogens is 1. The van der Waals surface area contributed by atoms with E-state index in [2.05, 4.69) is 10.3 Å². The summed E-state index contributed by atoms with van der Waals surface area (Å²) < 4.78 is 0. The first-order chi connectivity index (χ1) is 7.70. The molecule has 90 valence electrons. The van der Waals surface area contributed by atoms with Gasteiger partial charge in [-0.15, -0.1) is 0 Å². The fourth-order valence-corrected chi connectivity index (χ4v) is 1.60. The highest BCUT2D eigenvalue weighted by atomic mass is 16.1. The molecule has 0 aliphatic carbocycles. The van der Waals surface area contributed by atoms with Crippen LogP contribution in [-0.4, -0.2) is 18.1 Å².